The highest BCUT2D eigenvalue weighted by atomic mass is 32.1. The second kappa shape index (κ2) is 5.05. The smallest absolute Gasteiger partial charge is 0.267 e. The molecule has 0 unspecified atom stereocenters. The van der Waals surface area contributed by atoms with Crippen molar-refractivity contribution in [3.63, 3.8) is 0 Å². The van der Waals surface area contributed by atoms with Crippen molar-refractivity contribution < 1.29 is 9.53 Å². The lowest BCUT2D eigenvalue weighted by molar-refractivity contribution is 0.103. The van der Waals surface area contributed by atoms with Crippen molar-refractivity contribution >= 4 is 28.6 Å². The minimum atomic E-state index is -0.222. The molecule has 0 aliphatic rings. The molecule has 2 rings (SSSR count). The Bertz CT molecular complexity index is 580. The van der Waals surface area contributed by atoms with Crippen LogP contribution >= 0.6 is 11.3 Å². The maximum atomic E-state index is 11.9. The molecule has 0 fully saturated rings. The summed E-state index contributed by atoms with van der Waals surface area (Å²) in [5, 5.41) is 3.59. The second-order valence-corrected chi connectivity index (χ2v) is 4.89. The molecule has 0 atom stereocenters. The highest BCUT2D eigenvalue weighted by Crippen LogP contribution is 2.25. The number of ether oxygens (including phenoxy) is 1. The highest BCUT2D eigenvalue weighted by molar-refractivity contribution is 7.13. The standard InChI is InChI=1S/C12H13N3O2S/c1-7-14-6-11(18-7)12(16)15-10-5-8(17-2)3-4-9(10)13/h3-6H,13H2,1-2H3,(H,15,16). The fraction of sp³-hybridized carbons (Fsp3) is 0.167. The Balaban J connectivity index is 2.21. The molecule has 1 heterocycles. The van der Waals surface area contributed by atoms with E-state index < -0.39 is 0 Å². The number of aryl methyl sites for hydroxylation is 1. The van der Waals surface area contributed by atoms with Crippen LogP contribution in [0.1, 0.15) is 14.7 Å². The Morgan fingerprint density at radius 2 is 2.28 bits per heavy atom. The third kappa shape index (κ3) is 2.60. The van der Waals surface area contributed by atoms with Crippen molar-refractivity contribution in [1.29, 1.82) is 0 Å². The van der Waals surface area contributed by atoms with Crippen molar-refractivity contribution in [3.8, 4) is 5.75 Å². The van der Waals surface area contributed by atoms with Crippen LogP contribution in [0.5, 0.6) is 5.75 Å². The van der Waals surface area contributed by atoms with Gasteiger partial charge in [0.2, 0.25) is 0 Å². The van der Waals surface area contributed by atoms with Crippen LogP contribution in [0.2, 0.25) is 0 Å². The first kappa shape index (κ1) is 12.4. The number of nitrogens with one attached hydrogen (secondary N) is 1. The molecule has 0 spiro atoms. The molecular formula is C12H13N3O2S. The summed E-state index contributed by atoms with van der Waals surface area (Å²) in [7, 11) is 1.56. The number of rotatable bonds is 3. The number of thiazole rings is 1. The van der Waals surface area contributed by atoms with E-state index in [9.17, 15) is 4.79 Å². The van der Waals surface area contributed by atoms with E-state index in [-0.39, 0.29) is 5.91 Å². The first-order valence-electron chi connectivity index (χ1n) is 5.27. The summed E-state index contributed by atoms with van der Waals surface area (Å²) in [6.45, 7) is 1.85. The normalized spacial score (nSPS) is 10.1. The number of benzene rings is 1. The summed E-state index contributed by atoms with van der Waals surface area (Å²) >= 11 is 1.34. The van der Waals surface area contributed by atoms with Gasteiger partial charge in [0.15, 0.2) is 0 Å². The van der Waals surface area contributed by atoms with E-state index in [4.69, 9.17) is 10.5 Å². The molecule has 5 nitrogen and oxygen atoms in total. The predicted octanol–water partition coefficient (Wildman–Crippen LogP) is 2.29. The van der Waals surface area contributed by atoms with Crippen LogP contribution in [0.4, 0.5) is 11.4 Å². The molecule has 6 heteroatoms. The first-order valence-corrected chi connectivity index (χ1v) is 6.09. The topological polar surface area (TPSA) is 77.2 Å². The molecule has 1 amide bonds. The van der Waals surface area contributed by atoms with Gasteiger partial charge in [-0.3, -0.25) is 4.79 Å². The molecule has 1 aromatic carbocycles. The lowest BCUT2D eigenvalue weighted by atomic mass is 10.2. The fourth-order valence-electron chi connectivity index (χ4n) is 1.42. The van der Waals surface area contributed by atoms with Crippen molar-refractivity contribution in [2.75, 3.05) is 18.2 Å². The number of aromatic nitrogens is 1. The van der Waals surface area contributed by atoms with Gasteiger partial charge < -0.3 is 15.8 Å². The van der Waals surface area contributed by atoms with Gasteiger partial charge in [0, 0.05) is 6.07 Å². The van der Waals surface area contributed by atoms with Crippen LogP contribution in [-0.2, 0) is 0 Å². The van der Waals surface area contributed by atoms with Crippen molar-refractivity contribution in [3.05, 3.63) is 34.3 Å². The minimum Gasteiger partial charge on any atom is -0.497 e. The van der Waals surface area contributed by atoms with Crippen LogP contribution in [0.3, 0.4) is 0 Å². The number of hydrogen-bond donors (Lipinski definition) is 2. The number of carbonyl (C=O) groups excluding carboxylic acids is 1. The molecule has 0 saturated carbocycles. The molecule has 18 heavy (non-hydrogen) atoms. The Morgan fingerprint density at radius 3 is 2.89 bits per heavy atom. The van der Waals surface area contributed by atoms with Gasteiger partial charge in [-0.05, 0) is 19.1 Å². The lowest BCUT2D eigenvalue weighted by Gasteiger charge is -2.08. The largest absolute Gasteiger partial charge is 0.497 e. The summed E-state index contributed by atoms with van der Waals surface area (Å²) in [5.41, 5.74) is 6.82. The molecule has 0 bridgehead atoms. The SMILES string of the molecule is COc1ccc(N)c(NC(=O)c2cnc(C)s2)c1. The number of nitrogen functional groups attached to an aromatic ring is 1. The molecule has 0 saturated heterocycles. The second-order valence-electron chi connectivity index (χ2n) is 3.65. The van der Waals surface area contributed by atoms with Gasteiger partial charge in [0.25, 0.3) is 5.91 Å². The van der Waals surface area contributed by atoms with Crippen LogP contribution < -0.4 is 15.8 Å². The maximum Gasteiger partial charge on any atom is 0.267 e. The van der Waals surface area contributed by atoms with Gasteiger partial charge in [-0.2, -0.15) is 0 Å². The zero-order chi connectivity index (χ0) is 13.1. The number of methoxy groups -OCH3 is 1. The van der Waals surface area contributed by atoms with E-state index in [0.717, 1.165) is 5.01 Å². The molecule has 3 N–H and O–H groups in total. The Hall–Kier alpha value is -2.08. The van der Waals surface area contributed by atoms with Gasteiger partial charge in [-0.15, -0.1) is 11.3 Å². The minimum absolute atomic E-state index is 0.222. The Kier molecular flexibility index (Phi) is 3.47. The number of amides is 1. The third-order valence-electron chi connectivity index (χ3n) is 2.35. The summed E-state index contributed by atoms with van der Waals surface area (Å²) in [6.07, 6.45) is 1.55. The molecule has 0 radical (unpaired) electrons. The number of anilines is 2. The van der Waals surface area contributed by atoms with E-state index in [1.54, 1.807) is 31.5 Å². The van der Waals surface area contributed by atoms with Crippen LogP contribution in [-0.4, -0.2) is 18.0 Å². The highest BCUT2D eigenvalue weighted by Gasteiger charge is 2.11. The van der Waals surface area contributed by atoms with Crippen LogP contribution in [0.25, 0.3) is 0 Å². The van der Waals surface area contributed by atoms with E-state index in [1.165, 1.54) is 11.3 Å². The lowest BCUT2D eigenvalue weighted by Crippen LogP contribution is -2.11. The van der Waals surface area contributed by atoms with Gasteiger partial charge in [-0.1, -0.05) is 0 Å². The third-order valence-corrected chi connectivity index (χ3v) is 3.27. The summed E-state index contributed by atoms with van der Waals surface area (Å²) in [6, 6.07) is 5.11. The molecule has 2 aromatic rings. The average molecular weight is 263 g/mol. The summed E-state index contributed by atoms with van der Waals surface area (Å²) in [4.78, 5) is 16.5. The molecule has 0 aliphatic carbocycles. The quantitative estimate of drug-likeness (QED) is 0.833. The van der Waals surface area contributed by atoms with Crippen molar-refractivity contribution in [1.82, 2.24) is 4.98 Å². The summed E-state index contributed by atoms with van der Waals surface area (Å²) in [5.74, 6) is 0.417. The average Bonchev–Trinajstić information content (AvgIpc) is 2.79. The van der Waals surface area contributed by atoms with Crippen LogP contribution in [0.15, 0.2) is 24.4 Å². The number of carbonyl (C=O) groups is 1. The molecule has 0 aliphatic heterocycles. The van der Waals surface area contributed by atoms with E-state index >= 15 is 0 Å². The zero-order valence-electron chi connectivity index (χ0n) is 10.1. The van der Waals surface area contributed by atoms with Gasteiger partial charge in [-0.25, -0.2) is 4.98 Å². The molecular weight excluding hydrogens is 250 g/mol. The Labute approximate surface area is 109 Å². The van der Waals surface area contributed by atoms with E-state index in [1.807, 2.05) is 6.92 Å². The van der Waals surface area contributed by atoms with Gasteiger partial charge in [0.05, 0.1) is 29.7 Å². The predicted molar refractivity (Wildman–Crippen MR) is 72.2 cm³/mol. The first-order chi connectivity index (χ1) is 8.60. The zero-order valence-corrected chi connectivity index (χ0v) is 10.9. The fourth-order valence-corrected chi connectivity index (χ4v) is 2.09. The number of nitrogens with zero attached hydrogens (tertiary/aromatic N) is 1. The van der Waals surface area contributed by atoms with E-state index in [0.29, 0.717) is 22.0 Å². The van der Waals surface area contributed by atoms with Gasteiger partial charge >= 0.3 is 0 Å². The van der Waals surface area contributed by atoms with Crippen molar-refractivity contribution in [2.24, 2.45) is 0 Å². The van der Waals surface area contributed by atoms with Gasteiger partial charge in [0.1, 0.15) is 10.6 Å². The Morgan fingerprint density at radius 1 is 1.50 bits per heavy atom. The maximum absolute atomic E-state index is 11.9. The number of nitrogens with two attached hydrogens (primary N) is 1. The monoisotopic (exact) mass is 263 g/mol. The van der Waals surface area contributed by atoms with Crippen molar-refractivity contribution in [2.45, 2.75) is 6.92 Å². The van der Waals surface area contributed by atoms with Crippen LogP contribution in [0, 0.1) is 6.92 Å². The molecule has 94 valence electrons. The summed E-state index contributed by atoms with van der Waals surface area (Å²) < 4.78 is 5.08. The molecule has 1 aromatic heterocycles. The van der Waals surface area contributed by atoms with E-state index in [2.05, 4.69) is 10.3 Å². The number of hydrogen-bond acceptors (Lipinski definition) is 5.